The van der Waals surface area contributed by atoms with E-state index in [0.29, 0.717) is 22.7 Å². The van der Waals surface area contributed by atoms with E-state index in [1.54, 1.807) is 13.0 Å². The maximum absolute atomic E-state index is 11.5. The average Bonchev–Trinajstić information content (AvgIpc) is 2.79. The molecular weight excluding hydrogens is 252 g/mol. The van der Waals surface area contributed by atoms with Gasteiger partial charge in [-0.15, -0.1) is 0 Å². The van der Waals surface area contributed by atoms with Crippen molar-refractivity contribution in [2.75, 3.05) is 0 Å². The Kier molecular flexibility index (Phi) is 3.99. The van der Waals surface area contributed by atoms with Gasteiger partial charge in [0, 0.05) is 5.57 Å². The number of Topliss-reactive ketones (excluding diaryl/α,β-unsaturated/α-hetero) is 1. The molecule has 2 rings (SSSR count). The van der Waals surface area contributed by atoms with Crippen LogP contribution < -0.4 is 0 Å². The van der Waals surface area contributed by atoms with Crippen molar-refractivity contribution in [3.05, 3.63) is 65.1 Å². The van der Waals surface area contributed by atoms with E-state index in [9.17, 15) is 9.59 Å². The zero-order valence-electron chi connectivity index (χ0n) is 11.8. The Morgan fingerprint density at radius 1 is 1.10 bits per heavy atom. The van der Waals surface area contributed by atoms with Gasteiger partial charge in [0.1, 0.15) is 11.5 Å². The van der Waals surface area contributed by atoms with Crippen molar-refractivity contribution >= 4 is 17.1 Å². The summed E-state index contributed by atoms with van der Waals surface area (Å²) >= 11 is 0. The highest BCUT2D eigenvalue weighted by molar-refractivity contribution is 6.00. The largest absolute Gasteiger partial charge is 0.461 e. The molecule has 0 radical (unpaired) electrons. The summed E-state index contributed by atoms with van der Waals surface area (Å²) < 4.78 is 5.65. The third-order valence-corrected chi connectivity index (χ3v) is 2.99. The molecule has 0 spiro atoms. The second-order valence-electron chi connectivity index (χ2n) is 4.67. The third kappa shape index (κ3) is 2.94. The molecule has 3 nitrogen and oxygen atoms in total. The van der Waals surface area contributed by atoms with Gasteiger partial charge in [0.15, 0.2) is 11.6 Å². The fourth-order valence-electron chi connectivity index (χ4n) is 2.08. The molecular formula is C17H16O3. The molecule has 0 unspecified atom stereocenters. The van der Waals surface area contributed by atoms with E-state index >= 15 is 0 Å². The van der Waals surface area contributed by atoms with Gasteiger partial charge in [-0.3, -0.25) is 9.59 Å². The summed E-state index contributed by atoms with van der Waals surface area (Å²) in [5.41, 5.74) is 2.12. The lowest BCUT2D eigenvalue weighted by Crippen LogP contribution is -1.92. The van der Waals surface area contributed by atoms with Gasteiger partial charge in [-0.25, -0.2) is 0 Å². The maximum atomic E-state index is 11.5. The van der Waals surface area contributed by atoms with Crippen molar-refractivity contribution in [2.24, 2.45) is 0 Å². The van der Waals surface area contributed by atoms with E-state index in [1.165, 1.54) is 19.9 Å². The SMILES string of the molecule is CC(=O)/C=C(\c1ccccc1)c1cc(C(C)=O)c(C)o1. The van der Waals surface area contributed by atoms with Crippen LogP contribution in [0.1, 0.15) is 41.3 Å². The first-order chi connectivity index (χ1) is 9.49. The quantitative estimate of drug-likeness (QED) is 0.625. The van der Waals surface area contributed by atoms with Crippen LogP contribution in [0, 0.1) is 6.92 Å². The standard InChI is InChI=1S/C17H16O3/c1-11(18)9-16(14-7-5-4-6-8-14)17-10-15(12(2)19)13(3)20-17/h4-10H,1-3H3/b16-9+. The molecule has 0 aliphatic rings. The first kappa shape index (κ1) is 14.0. The van der Waals surface area contributed by atoms with Crippen LogP contribution in [-0.2, 0) is 4.79 Å². The van der Waals surface area contributed by atoms with Crippen molar-refractivity contribution in [2.45, 2.75) is 20.8 Å². The Morgan fingerprint density at radius 2 is 1.75 bits per heavy atom. The summed E-state index contributed by atoms with van der Waals surface area (Å²) in [6.07, 6.45) is 1.53. The molecule has 1 aromatic heterocycles. The Morgan fingerprint density at radius 3 is 2.25 bits per heavy atom. The predicted molar refractivity (Wildman–Crippen MR) is 77.7 cm³/mol. The van der Waals surface area contributed by atoms with Crippen LogP contribution in [0.4, 0.5) is 0 Å². The van der Waals surface area contributed by atoms with Gasteiger partial charge in [-0.1, -0.05) is 30.3 Å². The molecule has 2 aromatic rings. The molecule has 0 saturated carbocycles. The van der Waals surface area contributed by atoms with Gasteiger partial charge < -0.3 is 4.42 Å². The molecule has 0 aliphatic heterocycles. The predicted octanol–water partition coefficient (Wildman–Crippen LogP) is 3.81. The number of benzene rings is 1. The number of ketones is 2. The molecule has 0 fully saturated rings. The summed E-state index contributed by atoms with van der Waals surface area (Å²) in [6, 6.07) is 11.2. The van der Waals surface area contributed by atoms with Crippen molar-refractivity contribution < 1.29 is 14.0 Å². The zero-order valence-corrected chi connectivity index (χ0v) is 11.8. The third-order valence-electron chi connectivity index (χ3n) is 2.99. The Bertz CT molecular complexity index is 676. The first-order valence-corrected chi connectivity index (χ1v) is 6.38. The molecule has 0 aliphatic carbocycles. The van der Waals surface area contributed by atoms with Crippen molar-refractivity contribution in [3.8, 4) is 0 Å². The van der Waals surface area contributed by atoms with E-state index in [-0.39, 0.29) is 11.6 Å². The van der Waals surface area contributed by atoms with Crippen LogP contribution in [-0.4, -0.2) is 11.6 Å². The molecule has 0 bridgehead atoms. The summed E-state index contributed by atoms with van der Waals surface area (Å²) in [5.74, 6) is 0.988. The van der Waals surface area contributed by atoms with Crippen LogP contribution >= 0.6 is 0 Å². The van der Waals surface area contributed by atoms with Gasteiger partial charge in [-0.05, 0) is 38.5 Å². The van der Waals surface area contributed by atoms with Gasteiger partial charge in [-0.2, -0.15) is 0 Å². The topological polar surface area (TPSA) is 47.3 Å². The number of allylic oxidation sites excluding steroid dienone is 1. The summed E-state index contributed by atoms with van der Waals surface area (Å²) in [4.78, 5) is 23.0. The number of rotatable bonds is 4. The molecule has 1 heterocycles. The minimum Gasteiger partial charge on any atom is -0.461 e. The van der Waals surface area contributed by atoms with Gasteiger partial charge >= 0.3 is 0 Å². The number of hydrogen-bond donors (Lipinski definition) is 0. The Hall–Kier alpha value is -2.42. The monoisotopic (exact) mass is 268 g/mol. The Labute approximate surface area is 117 Å². The minimum atomic E-state index is -0.0673. The van der Waals surface area contributed by atoms with E-state index in [4.69, 9.17) is 4.42 Å². The fraction of sp³-hybridized carbons (Fsp3) is 0.176. The molecule has 0 atom stereocenters. The molecule has 0 N–H and O–H groups in total. The van der Waals surface area contributed by atoms with E-state index < -0.39 is 0 Å². The Balaban J connectivity index is 2.56. The number of furan rings is 1. The van der Waals surface area contributed by atoms with Crippen LogP contribution in [0.3, 0.4) is 0 Å². The van der Waals surface area contributed by atoms with E-state index in [2.05, 4.69) is 0 Å². The van der Waals surface area contributed by atoms with E-state index in [0.717, 1.165) is 5.56 Å². The van der Waals surface area contributed by atoms with Crippen LogP contribution in [0.5, 0.6) is 0 Å². The van der Waals surface area contributed by atoms with Crippen molar-refractivity contribution in [3.63, 3.8) is 0 Å². The smallest absolute Gasteiger partial charge is 0.163 e. The summed E-state index contributed by atoms with van der Waals surface area (Å²) in [7, 11) is 0. The number of hydrogen-bond acceptors (Lipinski definition) is 3. The summed E-state index contributed by atoms with van der Waals surface area (Å²) in [6.45, 7) is 4.74. The molecule has 102 valence electrons. The second-order valence-corrected chi connectivity index (χ2v) is 4.67. The minimum absolute atomic E-state index is 0.0484. The zero-order chi connectivity index (χ0) is 14.7. The molecule has 20 heavy (non-hydrogen) atoms. The molecule has 3 heteroatoms. The van der Waals surface area contributed by atoms with Crippen LogP contribution in [0.25, 0.3) is 5.57 Å². The first-order valence-electron chi connectivity index (χ1n) is 6.38. The highest BCUT2D eigenvalue weighted by Crippen LogP contribution is 2.27. The van der Waals surface area contributed by atoms with Crippen molar-refractivity contribution in [1.82, 2.24) is 0 Å². The van der Waals surface area contributed by atoms with Gasteiger partial charge in [0.25, 0.3) is 0 Å². The lowest BCUT2D eigenvalue weighted by Gasteiger charge is -2.03. The number of carbonyl (C=O) groups excluding carboxylic acids is 2. The molecule has 0 saturated heterocycles. The van der Waals surface area contributed by atoms with Crippen LogP contribution in [0.2, 0.25) is 0 Å². The summed E-state index contributed by atoms with van der Waals surface area (Å²) in [5, 5.41) is 0. The van der Waals surface area contributed by atoms with Gasteiger partial charge in [0.05, 0.1) is 5.56 Å². The average molecular weight is 268 g/mol. The highest BCUT2D eigenvalue weighted by Gasteiger charge is 2.16. The normalized spacial score (nSPS) is 11.4. The van der Waals surface area contributed by atoms with Crippen molar-refractivity contribution in [1.29, 1.82) is 0 Å². The van der Waals surface area contributed by atoms with E-state index in [1.807, 2.05) is 30.3 Å². The maximum Gasteiger partial charge on any atom is 0.163 e. The molecule has 0 amide bonds. The lowest BCUT2D eigenvalue weighted by molar-refractivity contribution is -0.112. The second kappa shape index (κ2) is 5.70. The lowest BCUT2D eigenvalue weighted by atomic mass is 10.0. The van der Waals surface area contributed by atoms with Crippen LogP contribution in [0.15, 0.2) is 46.9 Å². The highest BCUT2D eigenvalue weighted by atomic mass is 16.3. The molecule has 1 aromatic carbocycles. The van der Waals surface area contributed by atoms with Gasteiger partial charge in [0.2, 0.25) is 0 Å². The fourth-order valence-corrected chi connectivity index (χ4v) is 2.08. The number of aryl methyl sites for hydroxylation is 1. The number of carbonyl (C=O) groups is 2.